The number of carbonyl (C=O) groups is 1. The number of methoxy groups -OCH3 is 1. The van der Waals surface area contributed by atoms with Gasteiger partial charge in [-0.2, -0.15) is 4.98 Å². The van der Waals surface area contributed by atoms with Crippen LogP contribution in [0.15, 0.2) is 24.5 Å². The molecule has 11 heteroatoms. The monoisotopic (exact) mass is 479 g/mol. The van der Waals surface area contributed by atoms with Crippen LogP contribution in [-0.2, 0) is 4.79 Å². The number of nitrogens with one attached hydrogen (secondary N) is 3. The van der Waals surface area contributed by atoms with E-state index in [9.17, 15) is 4.79 Å². The Morgan fingerprint density at radius 2 is 1.97 bits per heavy atom. The zero-order chi connectivity index (χ0) is 24.2. The van der Waals surface area contributed by atoms with Crippen LogP contribution in [0.3, 0.4) is 0 Å². The fraction of sp³-hybridized carbons (Fsp3) is 0.500. The van der Waals surface area contributed by atoms with E-state index in [-0.39, 0.29) is 12.5 Å². The highest BCUT2D eigenvalue weighted by Crippen LogP contribution is 2.34. The molecule has 3 aliphatic heterocycles. The number of H-pyrrole nitrogens is 1. The fourth-order valence-corrected chi connectivity index (χ4v) is 4.89. The third-order valence-corrected chi connectivity index (χ3v) is 6.84. The number of nitrogens with zero attached hydrogens (tertiary/aromatic N) is 5. The number of fused-ring (bicyclic) bond motifs is 1. The molecule has 0 bridgehead atoms. The number of nitrogens with two attached hydrogens (primary N) is 1. The average Bonchev–Trinajstić information content (AvgIpc) is 3.38. The van der Waals surface area contributed by atoms with E-state index in [1.165, 1.54) is 19.3 Å². The van der Waals surface area contributed by atoms with Crippen molar-refractivity contribution in [2.45, 2.75) is 38.1 Å². The van der Waals surface area contributed by atoms with E-state index in [2.05, 4.69) is 30.5 Å². The molecule has 4 aliphatic rings. The zero-order valence-corrected chi connectivity index (χ0v) is 20.1. The number of hydrogen-bond acceptors (Lipinski definition) is 9. The Morgan fingerprint density at radius 3 is 2.71 bits per heavy atom. The second kappa shape index (κ2) is 10.3. The summed E-state index contributed by atoms with van der Waals surface area (Å²) < 4.78 is 5.69. The largest absolute Gasteiger partial charge is 0.494 e. The number of imidazole rings is 1. The summed E-state index contributed by atoms with van der Waals surface area (Å²) in [5, 5.41) is 6.94. The molecule has 186 valence electrons. The summed E-state index contributed by atoms with van der Waals surface area (Å²) in [5.41, 5.74) is 8.08. The average molecular weight is 480 g/mol. The number of anilines is 4. The van der Waals surface area contributed by atoms with Crippen molar-refractivity contribution in [1.29, 1.82) is 0 Å². The lowest BCUT2D eigenvalue weighted by Crippen LogP contribution is -2.50. The number of hydrogen-bond donors (Lipinski definition) is 4. The number of amides is 1. The van der Waals surface area contributed by atoms with E-state index < -0.39 is 0 Å². The summed E-state index contributed by atoms with van der Waals surface area (Å²) in [6.45, 7) is 2.88. The Kier molecular flexibility index (Phi) is 6.84. The van der Waals surface area contributed by atoms with Gasteiger partial charge < -0.3 is 35.9 Å². The predicted octanol–water partition coefficient (Wildman–Crippen LogP) is 2.41. The Labute approximate surface area is 204 Å². The van der Waals surface area contributed by atoms with Crippen LogP contribution >= 0.6 is 0 Å². The number of carbonyl (C=O) groups excluding carboxylic acids is 1. The minimum Gasteiger partial charge on any atom is -0.494 e. The van der Waals surface area contributed by atoms with Crippen molar-refractivity contribution >= 4 is 29.0 Å². The molecule has 0 aromatic heterocycles. The number of rotatable bonds is 7. The van der Waals surface area contributed by atoms with E-state index in [0.717, 1.165) is 48.8 Å². The van der Waals surface area contributed by atoms with Gasteiger partial charge in [-0.05, 0) is 25.0 Å². The van der Waals surface area contributed by atoms with Crippen LogP contribution in [0.5, 0.6) is 5.75 Å². The maximum Gasteiger partial charge on any atom is 0.236 e. The molecule has 3 heterocycles. The van der Waals surface area contributed by atoms with Crippen molar-refractivity contribution in [1.82, 2.24) is 24.8 Å². The summed E-state index contributed by atoms with van der Waals surface area (Å²) in [5.74, 6) is 2.69. The van der Waals surface area contributed by atoms with Gasteiger partial charge in [-0.1, -0.05) is 19.3 Å². The lowest BCUT2D eigenvalue weighted by molar-refractivity contribution is -0.129. The minimum absolute atomic E-state index is 0.00523. The molecule has 1 saturated carbocycles. The van der Waals surface area contributed by atoms with Gasteiger partial charge in [0.1, 0.15) is 17.8 Å². The predicted molar refractivity (Wildman–Crippen MR) is 135 cm³/mol. The number of piperazine rings is 1. The van der Waals surface area contributed by atoms with Crippen molar-refractivity contribution in [2.75, 3.05) is 55.4 Å². The molecule has 1 aromatic rings. The highest BCUT2D eigenvalue weighted by molar-refractivity contribution is 5.78. The molecule has 0 unspecified atom stereocenters. The number of aromatic nitrogens is 4. The SMILES string of the molecule is COc1cc(N2CCN(C(=O)CN)CC2)ccc1Nc1nc(NC2CCCCC2)c2ncnc-2[nH]1. The molecule has 0 atom stereocenters. The maximum atomic E-state index is 11.9. The van der Waals surface area contributed by atoms with Crippen LogP contribution in [0.4, 0.5) is 23.1 Å². The molecular formula is C24H33N9O2. The van der Waals surface area contributed by atoms with Crippen molar-refractivity contribution in [3.05, 3.63) is 24.5 Å². The topological polar surface area (TPSA) is 137 Å². The third-order valence-electron chi connectivity index (χ3n) is 6.84. The first-order valence-corrected chi connectivity index (χ1v) is 12.3. The van der Waals surface area contributed by atoms with Gasteiger partial charge in [-0.3, -0.25) is 4.79 Å². The van der Waals surface area contributed by atoms with Crippen LogP contribution in [0.25, 0.3) is 11.5 Å². The highest BCUT2D eigenvalue weighted by Gasteiger charge is 2.23. The highest BCUT2D eigenvalue weighted by atomic mass is 16.5. The van der Waals surface area contributed by atoms with Crippen molar-refractivity contribution in [2.24, 2.45) is 5.73 Å². The molecule has 2 fully saturated rings. The maximum absolute atomic E-state index is 11.9. The first kappa shape index (κ1) is 23.2. The van der Waals surface area contributed by atoms with Crippen LogP contribution < -0.4 is 26.0 Å². The Hall–Kier alpha value is -3.60. The van der Waals surface area contributed by atoms with E-state index in [4.69, 9.17) is 15.5 Å². The number of aromatic amines is 1. The van der Waals surface area contributed by atoms with Gasteiger partial charge in [0, 0.05) is 44.0 Å². The molecule has 1 aromatic carbocycles. The molecule has 1 aliphatic carbocycles. The van der Waals surface area contributed by atoms with Gasteiger partial charge in [-0.15, -0.1) is 0 Å². The third kappa shape index (κ3) is 5.09. The first-order chi connectivity index (χ1) is 17.1. The molecule has 0 radical (unpaired) electrons. The van der Waals surface area contributed by atoms with Crippen LogP contribution in [0.2, 0.25) is 0 Å². The van der Waals surface area contributed by atoms with Crippen molar-refractivity contribution in [3.8, 4) is 17.3 Å². The molecule has 11 nitrogen and oxygen atoms in total. The van der Waals surface area contributed by atoms with Gasteiger partial charge in [0.25, 0.3) is 0 Å². The van der Waals surface area contributed by atoms with E-state index in [1.54, 1.807) is 13.4 Å². The molecule has 5 rings (SSSR count). The molecule has 1 saturated heterocycles. The second-order valence-electron chi connectivity index (χ2n) is 9.07. The van der Waals surface area contributed by atoms with Gasteiger partial charge >= 0.3 is 0 Å². The Morgan fingerprint density at radius 1 is 1.17 bits per heavy atom. The summed E-state index contributed by atoms with van der Waals surface area (Å²) in [6.07, 6.45) is 7.60. The van der Waals surface area contributed by atoms with Gasteiger partial charge in [0.05, 0.1) is 19.3 Å². The van der Waals surface area contributed by atoms with Gasteiger partial charge in [-0.25, -0.2) is 9.97 Å². The minimum atomic E-state index is -0.00523. The standard InChI is InChI=1S/C24H33N9O2/c1-35-19-13-17(32-9-11-33(12-10-32)20(34)14-25)7-8-18(19)29-24-30-22-21(26-15-27-22)23(31-24)28-16-5-3-2-4-6-16/h7-8,13,15-16H,2-6,9-12,14,25H2,1H3,(H3,26,27,28,29,30,31). The van der Waals surface area contributed by atoms with Crippen LogP contribution in [0.1, 0.15) is 32.1 Å². The summed E-state index contributed by atoms with van der Waals surface area (Å²) >= 11 is 0. The Bertz CT molecular complexity index is 1120. The Balaban J connectivity index is 1.33. The van der Waals surface area contributed by atoms with Crippen molar-refractivity contribution in [3.63, 3.8) is 0 Å². The lowest BCUT2D eigenvalue weighted by Gasteiger charge is -2.36. The van der Waals surface area contributed by atoms with Gasteiger partial charge in [0.15, 0.2) is 11.6 Å². The van der Waals surface area contributed by atoms with Crippen molar-refractivity contribution < 1.29 is 9.53 Å². The molecule has 35 heavy (non-hydrogen) atoms. The van der Waals surface area contributed by atoms with Gasteiger partial charge in [0.2, 0.25) is 11.9 Å². The normalized spacial score (nSPS) is 17.0. The second-order valence-corrected chi connectivity index (χ2v) is 9.07. The number of benzene rings is 1. The quantitative estimate of drug-likeness (QED) is 0.402. The van der Waals surface area contributed by atoms with E-state index >= 15 is 0 Å². The summed E-state index contributed by atoms with van der Waals surface area (Å²) in [7, 11) is 1.65. The van der Waals surface area contributed by atoms with E-state index in [0.29, 0.717) is 36.7 Å². The zero-order valence-electron chi connectivity index (χ0n) is 20.1. The van der Waals surface area contributed by atoms with Crippen LogP contribution in [-0.4, -0.2) is 76.6 Å². The molecule has 1 amide bonds. The molecule has 5 N–H and O–H groups in total. The molecule has 0 spiro atoms. The number of ether oxygens (including phenoxy) is 1. The summed E-state index contributed by atoms with van der Waals surface area (Å²) in [6, 6.07) is 6.44. The lowest BCUT2D eigenvalue weighted by atomic mass is 9.95. The fourth-order valence-electron chi connectivity index (χ4n) is 4.89. The first-order valence-electron chi connectivity index (χ1n) is 12.3. The summed E-state index contributed by atoms with van der Waals surface area (Å²) in [4.78, 5) is 32.7. The smallest absolute Gasteiger partial charge is 0.236 e. The van der Waals surface area contributed by atoms with Crippen LogP contribution in [0, 0.1) is 0 Å². The van der Waals surface area contributed by atoms with E-state index in [1.807, 2.05) is 23.1 Å². The molecular weight excluding hydrogens is 446 g/mol.